The maximum atomic E-state index is 5.74. The Morgan fingerprint density at radius 3 is 2.61 bits per heavy atom. The summed E-state index contributed by atoms with van der Waals surface area (Å²) in [7, 11) is 0. The first-order chi connectivity index (χ1) is 8.45. The van der Waals surface area contributed by atoms with Crippen LogP contribution in [0.1, 0.15) is 38.0 Å². The van der Waals surface area contributed by atoms with Gasteiger partial charge in [-0.1, -0.05) is 38.1 Å². The smallest absolute Gasteiger partial charge is 0.226 e. The second kappa shape index (κ2) is 4.80. The molecule has 0 spiro atoms. The van der Waals surface area contributed by atoms with Crippen LogP contribution in [-0.2, 0) is 18.3 Å². The van der Waals surface area contributed by atoms with Gasteiger partial charge in [-0.15, -0.1) is 0 Å². The van der Waals surface area contributed by atoms with Gasteiger partial charge in [0.2, 0.25) is 5.89 Å². The van der Waals surface area contributed by atoms with Gasteiger partial charge in [-0.3, -0.25) is 0 Å². The van der Waals surface area contributed by atoms with Crippen molar-refractivity contribution in [1.29, 1.82) is 0 Å². The fraction of sp³-hybridized carbons (Fsp3) is 0.429. The molecule has 0 saturated carbocycles. The minimum absolute atomic E-state index is 0.0705. The average Bonchev–Trinajstić information content (AvgIpc) is 2.74. The van der Waals surface area contributed by atoms with Crippen LogP contribution in [0, 0.1) is 0 Å². The highest BCUT2D eigenvalue weighted by atomic mass is 16.5. The van der Waals surface area contributed by atoms with Gasteiger partial charge in [-0.25, -0.2) is 0 Å². The third kappa shape index (κ3) is 3.09. The van der Waals surface area contributed by atoms with Crippen LogP contribution in [0.25, 0.3) is 0 Å². The van der Waals surface area contributed by atoms with Gasteiger partial charge in [0.1, 0.15) is 0 Å². The first-order valence-corrected chi connectivity index (χ1v) is 6.12. The van der Waals surface area contributed by atoms with E-state index >= 15 is 0 Å². The lowest BCUT2D eigenvalue weighted by molar-refractivity contribution is 0.363. The molecule has 2 N–H and O–H groups in total. The molecule has 96 valence electrons. The molecule has 1 aromatic heterocycles. The summed E-state index contributed by atoms with van der Waals surface area (Å²) in [6.45, 7) is 6.21. The molecule has 0 aliphatic heterocycles. The quantitative estimate of drug-likeness (QED) is 0.844. The van der Waals surface area contributed by atoms with E-state index in [0.717, 1.165) is 24.4 Å². The van der Waals surface area contributed by atoms with E-state index in [-0.39, 0.29) is 5.41 Å². The maximum absolute atomic E-state index is 5.74. The van der Waals surface area contributed by atoms with Crippen molar-refractivity contribution >= 4 is 5.69 Å². The molecule has 18 heavy (non-hydrogen) atoms. The lowest BCUT2D eigenvalue weighted by atomic mass is 9.96. The van der Waals surface area contributed by atoms with E-state index in [1.807, 2.05) is 18.2 Å². The lowest BCUT2D eigenvalue weighted by Crippen LogP contribution is -2.13. The number of benzene rings is 1. The summed E-state index contributed by atoms with van der Waals surface area (Å²) in [6.07, 6.45) is 1.60. The molecule has 0 radical (unpaired) electrons. The van der Waals surface area contributed by atoms with Gasteiger partial charge < -0.3 is 10.3 Å². The highest BCUT2D eigenvalue weighted by molar-refractivity contribution is 5.40. The normalized spacial score (nSPS) is 11.7. The number of anilines is 1. The van der Waals surface area contributed by atoms with Gasteiger partial charge in [-0.05, 0) is 24.1 Å². The Hall–Kier alpha value is -1.84. The van der Waals surface area contributed by atoms with E-state index in [0.29, 0.717) is 5.89 Å². The van der Waals surface area contributed by atoms with Gasteiger partial charge in [-0.2, -0.15) is 4.98 Å². The summed E-state index contributed by atoms with van der Waals surface area (Å²) in [5, 5.41) is 4.01. The molecule has 2 rings (SSSR count). The monoisotopic (exact) mass is 245 g/mol. The zero-order valence-electron chi connectivity index (χ0n) is 11.1. The predicted molar refractivity (Wildman–Crippen MR) is 71.3 cm³/mol. The summed E-state index contributed by atoms with van der Waals surface area (Å²) in [5.41, 5.74) is 7.64. The van der Waals surface area contributed by atoms with Crippen molar-refractivity contribution in [2.75, 3.05) is 5.73 Å². The Morgan fingerprint density at radius 2 is 2.00 bits per heavy atom. The van der Waals surface area contributed by atoms with Crippen LogP contribution in [0.4, 0.5) is 5.69 Å². The van der Waals surface area contributed by atoms with Crippen molar-refractivity contribution in [3.8, 4) is 0 Å². The summed E-state index contributed by atoms with van der Waals surface area (Å²) in [5.74, 6) is 1.44. The number of aromatic nitrogens is 2. The van der Waals surface area contributed by atoms with E-state index in [2.05, 4.69) is 37.0 Å². The van der Waals surface area contributed by atoms with Gasteiger partial charge >= 0.3 is 0 Å². The zero-order valence-corrected chi connectivity index (χ0v) is 11.1. The Bertz CT molecular complexity index is 526. The number of hydrogen-bond acceptors (Lipinski definition) is 4. The third-order valence-corrected chi connectivity index (χ3v) is 2.72. The fourth-order valence-electron chi connectivity index (χ4n) is 1.66. The maximum Gasteiger partial charge on any atom is 0.226 e. The third-order valence-electron chi connectivity index (χ3n) is 2.72. The molecule has 0 unspecified atom stereocenters. The van der Waals surface area contributed by atoms with Crippen LogP contribution < -0.4 is 5.73 Å². The van der Waals surface area contributed by atoms with Crippen LogP contribution in [0.3, 0.4) is 0 Å². The molecule has 1 heterocycles. The SMILES string of the molecule is CC(C)(C)c1noc(CCc2cccc(N)c2)n1. The Morgan fingerprint density at radius 1 is 1.22 bits per heavy atom. The van der Waals surface area contributed by atoms with Gasteiger partial charge in [0, 0.05) is 17.5 Å². The van der Waals surface area contributed by atoms with Crippen LogP contribution in [0.5, 0.6) is 0 Å². The zero-order chi connectivity index (χ0) is 13.2. The number of rotatable bonds is 3. The summed E-state index contributed by atoms with van der Waals surface area (Å²) >= 11 is 0. The van der Waals surface area contributed by atoms with Crippen LogP contribution >= 0.6 is 0 Å². The lowest BCUT2D eigenvalue weighted by Gasteiger charge is -2.10. The van der Waals surface area contributed by atoms with E-state index in [9.17, 15) is 0 Å². The number of nitrogens with zero attached hydrogens (tertiary/aromatic N) is 2. The van der Waals surface area contributed by atoms with Crippen molar-refractivity contribution in [1.82, 2.24) is 10.1 Å². The van der Waals surface area contributed by atoms with E-state index in [1.165, 1.54) is 5.56 Å². The van der Waals surface area contributed by atoms with Gasteiger partial charge in [0.05, 0.1) is 0 Å². The number of hydrogen-bond donors (Lipinski definition) is 1. The molecule has 0 amide bonds. The number of nitrogens with two attached hydrogens (primary N) is 1. The highest BCUT2D eigenvalue weighted by Crippen LogP contribution is 2.19. The second-order valence-electron chi connectivity index (χ2n) is 5.51. The molecule has 0 aliphatic carbocycles. The molecular weight excluding hydrogens is 226 g/mol. The van der Waals surface area contributed by atoms with Crippen LogP contribution in [-0.4, -0.2) is 10.1 Å². The Labute approximate surface area is 107 Å². The minimum Gasteiger partial charge on any atom is -0.399 e. The molecule has 1 aromatic carbocycles. The number of aryl methyl sites for hydroxylation is 2. The average molecular weight is 245 g/mol. The van der Waals surface area contributed by atoms with Gasteiger partial charge in [0.15, 0.2) is 5.82 Å². The molecule has 4 nitrogen and oxygen atoms in total. The van der Waals surface area contributed by atoms with Crippen molar-refractivity contribution < 1.29 is 4.52 Å². The molecule has 2 aromatic rings. The molecule has 0 atom stereocenters. The number of nitrogen functional groups attached to an aromatic ring is 1. The van der Waals surface area contributed by atoms with Crippen LogP contribution in [0.2, 0.25) is 0 Å². The fourth-order valence-corrected chi connectivity index (χ4v) is 1.66. The first-order valence-electron chi connectivity index (χ1n) is 6.12. The van der Waals surface area contributed by atoms with Crippen molar-refractivity contribution in [2.24, 2.45) is 0 Å². The van der Waals surface area contributed by atoms with Crippen molar-refractivity contribution in [3.63, 3.8) is 0 Å². The predicted octanol–water partition coefficient (Wildman–Crippen LogP) is 2.73. The molecular formula is C14H19N3O. The minimum atomic E-state index is -0.0705. The topological polar surface area (TPSA) is 64.9 Å². The highest BCUT2D eigenvalue weighted by Gasteiger charge is 2.20. The van der Waals surface area contributed by atoms with Crippen molar-refractivity contribution in [2.45, 2.75) is 39.0 Å². The molecule has 0 fully saturated rings. The molecule has 0 bridgehead atoms. The summed E-state index contributed by atoms with van der Waals surface area (Å²) in [6, 6.07) is 7.87. The Kier molecular flexibility index (Phi) is 3.36. The van der Waals surface area contributed by atoms with Crippen LogP contribution in [0.15, 0.2) is 28.8 Å². The standard InChI is InChI=1S/C14H19N3O/c1-14(2,3)13-16-12(18-17-13)8-7-10-5-4-6-11(15)9-10/h4-6,9H,7-8,15H2,1-3H3. The van der Waals surface area contributed by atoms with E-state index < -0.39 is 0 Å². The molecule has 0 aliphatic rings. The van der Waals surface area contributed by atoms with Crippen molar-refractivity contribution in [3.05, 3.63) is 41.5 Å². The first kappa shape index (κ1) is 12.6. The summed E-state index contributed by atoms with van der Waals surface area (Å²) < 4.78 is 5.25. The molecule has 4 heteroatoms. The summed E-state index contributed by atoms with van der Waals surface area (Å²) in [4.78, 5) is 4.41. The molecule has 0 saturated heterocycles. The largest absolute Gasteiger partial charge is 0.399 e. The Balaban J connectivity index is 2.01. The van der Waals surface area contributed by atoms with E-state index in [1.54, 1.807) is 0 Å². The van der Waals surface area contributed by atoms with E-state index in [4.69, 9.17) is 10.3 Å². The second-order valence-corrected chi connectivity index (χ2v) is 5.51. The van der Waals surface area contributed by atoms with Gasteiger partial charge in [0.25, 0.3) is 0 Å².